The Bertz CT molecular complexity index is 413. The average molecular weight is 202 g/mol. The van der Waals surface area contributed by atoms with Crippen molar-refractivity contribution in [1.82, 2.24) is 0 Å². The summed E-state index contributed by atoms with van der Waals surface area (Å²) in [6.45, 7) is 4.36. The predicted molar refractivity (Wildman–Crippen MR) is 63.9 cm³/mol. The van der Waals surface area contributed by atoms with Crippen molar-refractivity contribution in [3.8, 4) is 11.1 Å². The van der Waals surface area contributed by atoms with Crippen molar-refractivity contribution >= 4 is 11.3 Å². The van der Waals surface area contributed by atoms with Gasteiger partial charge in [-0.05, 0) is 46.9 Å². The topological polar surface area (TPSA) is 0 Å². The highest BCUT2D eigenvalue weighted by molar-refractivity contribution is 7.08. The zero-order chi connectivity index (χ0) is 9.97. The van der Waals surface area contributed by atoms with Gasteiger partial charge in [-0.2, -0.15) is 11.3 Å². The normalized spacial score (nSPS) is 10.4. The lowest BCUT2D eigenvalue weighted by Gasteiger charge is -2.07. The first-order valence-electron chi connectivity index (χ1n) is 4.93. The fourth-order valence-corrected chi connectivity index (χ4v) is 2.34. The smallest absolute Gasteiger partial charge is 0.00146 e. The molecule has 0 saturated carbocycles. The maximum absolute atomic E-state index is 2.28. The van der Waals surface area contributed by atoms with Crippen molar-refractivity contribution in [2.45, 2.75) is 20.3 Å². The van der Waals surface area contributed by atoms with E-state index in [-0.39, 0.29) is 0 Å². The summed E-state index contributed by atoms with van der Waals surface area (Å²) in [5.74, 6) is 0. The minimum absolute atomic E-state index is 1.10. The van der Waals surface area contributed by atoms with Crippen LogP contribution < -0.4 is 0 Å². The Morgan fingerprint density at radius 1 is 1.21 bits per heavy atom. The molecule has 1 aromatic heterocycles. The molecule has 1 heteroatoms. The fourth-order valence-electron chi connectivity index (χ4n) is 1.69. The lowest BCUT2D eigenvalue weighted by Crippen LogP contribution is -1.87. The van der Waals surface area contributed by atoms with Crippen LogP contribution >= 0.6 is 11.3 Å². The van der Waals surface area contributed by atoms with Gasteiger partial charge in [0.15, 0.2) is 0 Å². The Labute approximate surface area is 89.2 Å². The molecule has 0 N–H and O–H groups in total. The van der Waals surface area contributed by atoms with Gasteiger partial charge in [0.25, 0.3) is 0 Å². The summed E-state index contributed by atoms with van der Waals surface area (Å²) >= 11 is 1.76. The molecular weight excluding hydrogens is 188 g/mol. The second kappa shape index (κ2) is 3.97. The van der Waals surface area contributed by atoms with Gasteiger partial charge in [0.1, 0.15) is 0 Å². The number of thiophene rings is 1. The van der Waals surface area contributed by atoms with Gasteiger partial charge in [0.2, 0.25) is 0 Å². The lowest BCUT2D eigenvalue weighted by atomic mass is 9.98. The van der Waals surface area contributed by atoms with Crippen LogP contribution in [0.3, 0.4) is 0 Å². The molecule has 0 amide bonds. The second-order valence-corrected chi connectivity index (χ2v) is 4.31. The molecule has 72 valence electrons. The summed E-state index contributed by atoms with van der Waals surface area (Å²) in [5, 5.41) is 4.35. The van der Waals surface area contributed by atoms with E-state index in [2.05, 4.69) is 48.9 Å². The van der Waals surface area contributed by atoms with Crippen LogP contribution in [0.2, 0.25) is 0 Å². The molecule has 0 atom stereocenters. The second-order valence-electron chi connectivity index (χ2n) is 3.53. The summed E-state index contributed by atoms with van der Waals surface area (Å²) in [7, 11) is 0. The number of hydrogen-bond acceptors (Lipinski definition) is 1. The number of aryl methyl sites for hydroxylation is 2. The molecule has 1 aromatic carbocycles. The van der Waals surface area contributed by atoms with Crippen LogP contribution in [0.5, 0.6) is 0 Å². The molecule has 2 rings (SSSR count). The first-order valence-corrected chi connectivity index (χ1v) is 5.87. The molecule has 14 heavy (non-hydrogen) atoms. The Hall–Kier alpha value is -1.08. The molecule has 0 spiro atoms. The molecule has 0 aliphatic rings. The Morgan fingerprint density at radius 3 is 2.71 bits per heavy atom. The van der Waals surface area contributed by atoms with Crippen molar-refractivity contribution in [2.24, 2.45) is 0 Å². The average Bonchev–Trinajstić information content (AvgIpc) is 2.70. The summed E-state index contributed by atoms with van der Waals surface area (Å²) in [4.78, 5) is 0. The highest BCUT2D eigenvalue weighted by atomic mass is 32.1. The van der Waals surface area contributed by atoms with Gasteiger partial charge in [-0.25, -0.2) is 0 Å². The zero-order valence-corrected chi connectivity index (χ0v) is 9.40. The summed E-state index contributed by atoms with van der Waals surface area (Å²) in [6.07, 6.45) is 1.10. The van der Waals surface area contributed by atoms with Gasteiger partial charge >= 0.3 is 0 Å². The minimum atomic E-state index is 1.10. The van der Waals surface area contributed by atoms with Crippen LogP contribution in [0.1, 0.15) is 18.1 Å². The summed E-state index contributed by atoms with van der Waals surface area (Å²) in [5.41, 5.74) is 5.53. The Morgan fingerprint density at radius 2 is 2.07 bits per heavy atom. The van der Waals surface area contributed by atoms with E-state index in [1.165, 1.54) is 22.3 Å². The molecule has 0 aliphatic carbocycles. The largest absolute Gasteiger partial charge is 0.152 e. The third-order valence-electron chi connectivity index (χ3n) is 2.48. The van der Waals surface area contributed by atoms with Crippen LogP contribution in [-0.4, -0.2) is 0 Å². The highest BCUT2D eigenvalue weighted by Gasteiger charge is 2.03. The Balaban J connectivity index is 2.55. The fraction of sp³-hybridized carbons (Fsp3) is 0.231. The van der Waals surface area contributed by atoms with Crippen molar-refractivity contribution < 1.29 is 0 Å². The van der Waals surface area contributed by atoms with Gasteiger partial charge in [0, 0.05) is 0 Å². The highest BCUT2D eigenvalue weighted by Crippen LogP contribution is 2.27. The number of rotatable bonds is 2. The van der Waals surface area contributed by atoms with Crippen molar-refractivity contribution in [3.05, 3.63) is 46.2 Å². The van der Waals surface area contributed by atoms with Crippen LogP contribution in [-0.2, 0) is 6.42 Å². The monoisotopic (exact) mass is 202 g/mol. The molecule has 0 fully saturated rings. The molecule has 0 bridgehead atoms. The van der Waals surface area contributed by atoms with E-state index in [1.807, 2.05) is 0 Å². The first-order chi connectivity index (χ1) is 6.81. The van der Waals surface area contributed by atoms with E-state index in [9.17, 15) is 0 Å². The molecule has 1 heterocycles. The number of benzene rings is 1. The predicted octanol–water partition coefficient (Wildman–Crippen LogP) is 4.29. The van der Waals surface area contributed by atoms with E-state index in [0.717, 1.165) is 6.42 Å². The molecule has 2 aromatic rings. The van der Waals surface area contributed by atoms with E-state index < -0.39 is 0 Å². The first kappa shape index (κ1) is 9.47. The molecular formula is C13H14S. The van der Waals surface area contributed by atoms with Crippen molar-refractivity contribution in [2.75, 3.05) is 0 Å². The van der Waals surface area contributed by atoms with Gasteiger partial charge in [-0.3, -0.25) is 0 Å². The van der Waals surface area contributed by atoms with E-state index in [1.54, 1.807) is 11.3 Å². The minimum Gasteiger partial charge on any atom is -0.152 e. The molecule has 0 aliphatic heterocycles. The third-order valence-corrected chi connectivity index (χ3v) is 3.16. The van der Waals surface area contributed by atoms with Gasteiger partial charge < -0.3 is 0 Å². The summed E-state index contributed by atoms with van der Waals surface area (Å²) < 4.78 is 0. The maximum atomic E-state index is 2.28. The van der Waals surface area contributed by atoms with Crippen LogP contribution in [0, 0.1) is 6.92 Å². The third kappa shape index (κ3) is 1.73. The van der Waals surface area contributed by atoms with Gasteiger partial charge in [0.05, 0.1) is 0 Å². The van der Waals surface area contributed by atoms with Gasteiger partial charge in [-0.15, -0.1) is 0 Å². The maximum Gasteiger partial charge on any atom is -0.00146 e. The van der Waals surface area contributed by atoms with E-state index >= 15 is 0 Å². The SMILES string of the molecule is CCc1ccc(C)cc1-c1ccsc1. The summed E-state index contributed by atoms with van der Waals surface area (Å²) in [6, 6.07) is 8.90. The molecule has 0 saturated heterocycles. The standard InChI is InChI=1S/C13H14S/c1-3-11-5-4-10(2)8-13(11)12-6-7-14-9-12/h4-9H,3H2,1-2H3. The quantitative estimate of drug-likeness (QED) is 0.681. The van der Waals surface area contributed by atoms with Crippen LogP contribution in [0.4, 0.5) is 0 Å². The van der Waals surface area contributed by atoms with Crippen molar-refractivity contribution in [3.63, 3.8) is 0 Å². The van der Waals surface area contributed by atoms with Crippen molar-refractivity contribution in [1.29, 1.82) is 0 Å². The Kier molecular flexibility index (Phi) is 2.69. The van der Waals surface area contributed by atoms with E-state index in [4.69, 9.17) is 0 Å². The molecule has 0 radical (unpaired) electrons. The van der Waals surface area contributed by atoms with Crippen LogP contribution in [0.25, 0.3) is 11.1 Å². The molecule has 0 nitrogen and oxygen atoms in total. The van der Waals surface area contributed by atoms with E-state index in [0.29, 0.717) is 0 Å². The zero-order valence-electron chi connectivity index (χ0n) is 8.58. The molecule has 0 unspecified atom stereocenters. The number of hydrogen-bond donors (Lipinski definition) is 0. The van der Waals surface area contributed by atoms with Gasteiger partial charge in [-0.1, -0.05) is 30.7 Å². The lowest BCUT2D eigenvalue weighted by molar-refractivity contribution is 1.14. The van der Waals surface area contributed by atoms with Crippen LogP contribution in [0.15, 0.2) is 35.0 Å².